The van der Waals surface area contributed by atoms with E-state index in [4.69, 9.17) is 9.47 Å². The molecule has 0 aliphatic carbocycles. The van der Waals surface area contributed by atoms with Gasteiger partial charge in [0.1, 0.15) is 12.0 Å². The number of ether oxygens (including phenoxy) is 2. The molecule has 1 unspecified atom stereocenters. The van der Waals surface area contributed by atoms with Gasteiger partial charge < -0.3 is 14.4 Å². The molecule has 0 spiro atoms. The Balaban J connectivity index is 2.30. The molecule has 0 N–H and O–H groups in total. The summed E-state index contributed by atoms with van der Waals surface area (Å²) in [5.74, 6) is 0.662. The summed E-state index contributed by atoms with van der Waals surface area (Å²) in [5, 5.41) is 0. The molecule has 1 heterocycles. The van der Waals surface area contributed by atoms with Gasteiger partial charge in [-0.2, -0.15) is 0 Å². The van der Waals surface area contributed by atoms with Crippen molar-refractivity contribution < 1.29 is 14.3 Å². The number of carbonyl (C=O) groups is 1. The molecule has 1 aromatic carbocycles. The highest BCUT2D eigenvalue weighted by Crippen LogP contribution is 2.29. The van der Waals surface area contributed by atoms with E-state index in [0.29, 0.717) is 17.9 Å². The van der Waals surface area contributed by atoms with Gasteiger partial charge in [0.15, 0.2) is 0 Å². The van der Waals surface area contributed by atoms with Crippen molar-refractivity contribution in [2.45, 2.75) is 32.5 Å². The van der Waals surface area contributed by atoms with Crippen molar-refractivity contribution in [3.8, 4) is 5.75 Å². The maximum atomic E-state index is 12.5. The van der Waals surface area contributed by atoms with Gasteiger partial charge in [-0.1, -0.05) is 6.07 Å². The van der Waals surface area contributed by atoms with E-state index in [1.165, 1.54) is 0 Å². The van der Waals surface area contributed by atoms with Crippen LogP contribution >= 0.6 is 0 Å². The highest BCUT2D eigenvalue weighted by Gasteiger charge is 2.41. The van der Waals surface area contributed by atoms with Gasteiger partial charge >= 0.3 is 0 Å². The van der Waals surface area contributed by atoms with Crippen LogP contribution in [0.5, 0.6) is 5.75 Å². The molecular formula is C14H19NO3. The molecule has 1 saturated heterocycles. The zero-order valence-corrected chi connectivity index (χ0v) is 11.3. The van der Waals surface area contributed by atoms with E-state index < -0.39 is 0 Å². The third-order valence-electron chi connectivity index (χ3n) is 3.23. The van der Waals surface area contributed by atoms with Crippen LogP contribution in [0, 0.1) is 0 Å². The number of hydrogen-bond acceptors (Lipinski definition) is 3. The molecule has 0 radical (unpaired) electrons. The number of benzene rings is 1. The molecule has 0 aromatic heterocycles. The highest BCUT2D eigenvalue weighted by molar-refractivity contribution is 5.95. The molecule has 1 aliphatic rings. The van der Waals surface area contributed by atoms with Crippen LogP contribution in [-0.2, 0) is 4.74 Å². The quantitative estimate of drug-likeness (QED) is 0.807. The molecule has 2 rings (SSSR count). The molecule has 0 saturated carbocycles. The number of rotatable bonds is 2. The largest absolute Gasteiger partial charge is 0.497 e. The van der Waals surface area contributed by atoms with E-state index in [1.54, 1.807) is 24.1 Å². The van der Waals surface area contributed by atoms with Crippen molar-refractivity contribution in [3.63, 3.8) is 0 Å². The van der Waals surface area contributed by atoms with Gasteiger partial charge in [-0.3, -0.25) is 4.79 Å². The van der Waals surface area contributed by atoms with E-state index in [-0.39, 0.29) is 17.7 Å². The second kappa shape index (κ2) is 4.61. The van der Waals surface area contributed by atoms with Crippen LogP contribution < -0.4 is 4.74 Å². The fraction of sp³-hybridized carbons (Fsp3) is 0.500. The number of methoxy groups -OCH3 is 1. The minimum absolute atomic E-state index is 0.0242. The minimum atomic E-state index is -0.278. The maximum absolute atomic E-state index is 12.5. The Morgan fingerprint density at radius 3 is 2.78 bits per heavy atom. The zero-order chi connectivity index (χ0) is 13.3. The van der Waals surface area contributed by atoms with Crippen LogP contribution in [0.25, 0.3) is 0 Å². The first-order chi connectivity index (χ1) is 8.45. The fourth-order valence-electron chi connectivity index (χ4n) is 2.30. The molecule has 4 heteroatoms. The van der Waals surface area contributed by atoms with Gasteiger partial charge in [0, 0.05) is 5.56 Å². The van der Waals surface area contributed by atoms with Gasteiger partial charge in [0.2, 0.25) is 0 Å². The summed E-state index contributed by atoms with van der Waals surface area (Å²) < 4.78 is 10.7. The van der Waals surface area contributed by atoms with Crippen LogP contribution in [0.3, 0.4) is 0 Å². The second-order valence-corrected chi connectivity index (χ2v) is 5.13. The molecule has 4 nitrogen and oxygen atoms in total. The summed E-state index contributed by atoms with van der Waals surface area (Å²) in [6.07, 6.45) is -0.196. The molecular weight excluding hydrogens is 230 g/mol. The molecule has 1 aromatic rings. The Labute approximate surface area is 107 Å². The molecule has 1 fully saturated rings. The normalized spacial score (nSPS) is 22.0. The topological polar surface area (TPSA) is 38.8 Å². The minimum Gasteiger partial charge on any atom is -0.497 e. The van der Waals surface area contributed by atoms with Crippen molar-refractivity contribution in [1.29, 1.82) is 0 Å². The van der Waals surface area contributed by atoms with Crippen LogP contribution in [0.1, 0.15) is 31.1 Å². The Kier molecular flexibility index (Phi) is 3.30. The highest BCUT2D eigenvalue weighted by atomic mass is 16.5. The molecule has 1 atom stereocenters. The van der Waals surface area contributed by atoms with E-state index in [2.05, 4.69) is 0 Å². The summed E-state index contributed by atoms with van der Waals surface area (Å²) >= 11 is 0. The molecule has 1 aliphatic heterocycles. The van der Waals surface area contributed by atoms with Crippen LogP contribution in [0.2, 0.25) is 0 Å². The van der Waals surface area contributed by atoms with Crippen LogP contribution in [0.4, 0.5) is 0 Å². The Morgan fingerprint density at radius 1 is 1.50 bits per heavy atom. The van der Waals surface area contributed by atoms with E-state index >= 15 is 0 Å². The van der Waals surface area contributed by atoms with Crippen LogP contribution in [-0.4, -0.2) is 36.3 Å². The van der Waals surface area contributed by atoms with Crippen molar-refractivity contribution in [2.75, 3.05) is 13.7 Å². The predicted molar refractivity (Wildman–Crippen MR) is 68.7 cm³/mol. The lowest BCUT2D eigenvalue weighted by molar-refractivity contribution is 0.0307. The third kappa shape index (κ3) is 2.20. The van der Waals surface area contributed by atoms with Crippen LogP contribution in [0.15, 0.2) is 24.3 Å². The fourth-order valence-corrected chi connectivity index (χ4v) is 2.30. The standard InChI is InChI=1S/C14H19NO3/c1-10-15(14(2,3)9-18-10)13(16)11-6-5-7-12(8-11)17-4/h5-8,10H,9H2,1-4H3. The SMILES string of the molecule is COc1cccc(C(=O)N2C(C)OCC2(C)C)c1. The molecule has 18 heavy (non-hydrogen) atoms. The first-order valence-electron chi connectivity index (χ1n) is 6.05. The van der Waals surface area contributed by atoms with Crippen molar-refractivity contribution in [1.82, 2.24) is 4.90 Å². The number of nitrogens with zero attached hydrogens (tertiary/aromatic N) is 1. The number of carbonyl (C=O) groups excluding carboxylic acids is 1. The molecule has 1 amide bonds. The smallest absolute Gasteiger partial charge is 0.256 e. The van der Waals surface area contributed by atoms with Gasteiger partial charge in [0.25, 0.3) is 5.91 Å². The lowest BCUT2D eigenvalue weighted by Crippen LogP contribution is -2.47. The first-order valence-corrected chi connectivity index (χ1v) is 6.05. The zero-order valence-electron chi connectivity index (χ0n) is 11.3. The number of amides is 1. The third-order valence-corrected chi connectivity index (χ3v) is 3.23. The number of hydrogen-bond donors (Lipinski definition) is 0. The molecule has 98 valence electrons. The van der Waals surface area contributed by atoms with E-state index in [1.807, 2.05) is 32.9 Å². The van der Waals surface area contributed by atoms with Crippen molar-refractivity contribution in [3.05, 3.63) is 29.8 Å². The summed E-state index contributed by atoms with van der Waals surface area (Å²) in [7, 11) is 1.59. The van der Waals surface area contributed by atoms with Gasteiger partial charge in [-0.15, -0.1) is 0 Å². The average molecular weight is 249 g/mol. The second-order valence-electron chi connectivity index (χ2n) is 5.13. The summed E-state index contributed by atoms with van der Waals surface area (Å²) in [6, 6.07) is 7.20. The van der Waals surface area contributed by atoms with E-state index in [9.17, 15) is 4.79 Å². The average Bonchev–Trinajstić information content (AvgIpc) is 2.63. The van der Waals surface area contributed by atoms with Gasteiger partial charge in [0.05, 0.1) is 19.3 Å². The monoisotopic (exact) mass is 249 g/mol. The summed E-state index contributed by atoms with van der Waals surface area (Å²) in [5.41, 5.74) is 0.347. The maximum Gasteiger partial charge on any atom is 0.256 e. The first kappa shape index (κ1) is 12.9. The predicted octanol–water partition coefficient (Wildman–Crippen LogP) is 2.29. The van der Waals surface area contributed by atoms with Crippen molar-refractivity contribution >= 4 is 5.91 Å². The lowest BCUT2D eigenvalue weighted by Gasteiger charge is -2.32. The Bertz CT molecular complexity index is 456. The van der Waals surface area contributed by atoms with Gasteiger partial charge in [-0.25, -0.2) is 0 Å². The molecule has 0 bridgehead atoms. The van der Waals surface area contributed by atoms with Gasteiger partial charge in [-0.05, 0) is 39.0 Å². The Hall–Kier alpha value is -1.55. The van der Waals surface area contributed by atoms with E-state index in [0.717, 1.165) is 0 Å². The Morgan fingerprint density at radius 2 is 2.22 bits per heavy atom. The summed E-state index contributed by atoms with van der Waals surface area (Å²) in [6.45, 7) is 6.47. The summed E-state index contributed by atoms with van der Waals surface area (Å²) in [4.78, 5) is 14.3. The van der Waals surface area contributed by atoms with Crippen molar-refractivity contribution in [2.24, 2.45) is 0 Å². The lowest BCUT2D eigenvalue weighted by atomic mass is 10.0.